The first-order chi connectivity index (χ1) is 10.7. The van der Waals surface area contributed by atoms with E-state index in [1.54, 1.807) is 0 Å². The SMILES string of the molecule is CC(C)(C)OC(=O)NC1CCCC(Nc2nc(Cl)ncc2Cl)C1. The van der Waals surface area contributed by atoms with E-state index >= 15 is 0 Å². The molecule has 2 atom stereocenters. The summed E-state index contributed by atoms with van der Waals surface area (Å²) in [5, 5.41) is 6.78. The second kappa shape index (κ2) is 7.53. The number of halogens is 2. The van der Waals surface area contributed by atoms with Gasteiger partial charge in [0.25, 0.3) is 0 Å². The van der Waals surface area contributed by atoms with Gasteiger partial charge >= 0.3 is 6.09 Å². The van der Waals surface area contributed by atoms with Crippen LogP contribution >= 0.6 is 23.2 Å². The lowest BCUT2D eigenvalue weighted by atomic mass is 9.91. The molecule has 23 heavy (non-hydrogen) atoms. The molecule has 0 bridgehead atoms. The summed E-state index contributed by atoms with van der Waals surface area (Å²) in [7, 11) is 0. The molecule has 2 N–H and O–H groups in total. The maximum Gasteiger partial charge on any atom is 0.407 e. The molecule has 6 nitrogen and oxygen atoms in total. The quantitative estimate of drug-likeness (QED) is 0.795. The lowest BCUT2D eigenvalue weighted by Crippen LogP contribution is -2.44. The molecule has 1 aliphatic carbocycles. The Bertz CT molecular complexity index is 563. The molecule has 1 amide bonds. The standard InChI is InChI=1S/C15H22Cl2N4O2/c1-15(2,3)23-14(22)20-10-6-4-5-9(7-10)19-12-11(16)8-18-13(17)21-12/h8-10H,4-7H2,1-3H3,(H,20,22)(H,18,19,21). The molecule has 128 valence electrons. The number of hydrogen-bond acceptors (Lipinski definition) is 5. The van der Waals surface area contributed by atoms with Crippen LogP contribution in [0.3, 0.4) is 0 Å². The fourth-order valence-corrected chi connectivity index (χ4v) is 2.85. The Kier molecular flexibility index (Phi) is 5.92. The maximum absolute atomic E-state index is 11.9. The molecule has 1 aliphatic rings. The Balaban J connectivity index is 1.90. The van der Waals surface area contributed by atoms with Crippen molar-refractivity contribution in [3.05, 3.63) is 16.5 Å². The van der Waals surface area contributed by atoms with Crippen molar-refractivity contribution < 1.29 is 9.53 Å². The number of hydrogen-bond donors (Lipinski definition) is 2. The monoisotopic (exact) mass is 360 g/mol. The van der Waals surface area contributed by atoms with E-state index in [1.807, 2.05) is 20.8 Å². The minimum Gasteiger partial charge on any atom is -0.444 e. The number of aromatic nitrogens is 2. The van der Waals surface area contributed by atoms with Gasteiger partial charge in [0.05, 0.1) is 6.20 Å². The molecule has 1 aromatic heterocycles. The molecule has 0 spiro atoms. The lowest BCUT2D eigenvalue weighted by molar-refractivity contribution is 0.0492. The molecule has 0 aromatic carbocycles. The number of nitrogens with one attached hydrogen (secondary N) is 2. The molecular weight excluding hydrogens is 339 g/mol. The Labute approximate surface area is 146 Å². The van der Waals surface area contributed by atoms with Crippen LogP contribution in [0.25, 0.3) is 0 Å². The van der Waals surface area contributed by atoms with Crippen molar-refractivity contribution in [2.75, 3.05) is 5.32 Å². The number of anilines is 1. The van der Waals surface area contributed by atoms with Crippen molar-refractivity contribution in [3.8, 4) is 0 Å². The fraction of sp³-hybridized carbons (Fsp3) is 0.667. The van der Waals surface area contributed by atoms with Crippen LogP contribution in [0.1, 0.15) is 46.5 Å². The third kappa shape index (κ3) is 6.03. The van der Waals surface area contributed by atoms with Crippen LogP contribution in [0.2, 0.25) is 10.3 Å². The van der Waals surface area contributed by atoms with Gasteiger partial charge < -0.3 is 15.4 Å². The summed E-state index contributed by atoms with van der Waals surface area (Å²) in [5.74, 6) is 0.523. The summed E-state index contributed by atoms with van der Waals surface area (Å²) in [6.45, 7) is 5.54. The van der Waals surface area contributed by atoms with Crippen LogP contribution in [-0.2, 0) is 4.74 Å². The lowest BCUT2D eigenvalue weighted by Gasteiger charge is -2.31. The van der Waals surface area contributed by atoms with Crippen LogP contribution in [0.15, 0.2) is 6.20 Å². The summed E-state index contributed by atoms with van der Waals surface area (Å²) in [5.41, 5.74) is -0.498. The molecule has 1 saturated carbocycles. The molecule has 8 heteroatoms. The van der Waals surface area contributed by atoms with E-state index in [4.69, 9.17) is 27.9 Å². The largest absolute Gasteiger partial charge is 0.444 e. The predicted molar refractivity (Wildman–Crippen MR) is 91.1 cm³/mol. The van der Waals surface area contributed by atoms with E-state index in [9.17, 15) is 4.79 Å². The second-order valence-electron chi connectivity index (χ2n) is 6.69. The first kappa shape index (κ1) is 18.1. The summed E-state index contributed by atoms with van der Waals surface area (Å²) in [4.78, 5) is 19.8. The average molecular weight is 361 g/mol. The highest BCUT2D eigenvalue weighted by atomic mass is 35.5. The number of carbonyl (C=O) groups is 1. The predicted octanol–water partition coefficient (Wildman–Crippen LogP) is 4.03. The number of alkyl carbamates (subject to hydrolysis) is 1. The van der Waals surface area contributed by atoms with E-state index in [0.29, 0.717) is 10.8 Å². The minimum atomic E-state index is -0.498. The van der Waals surface area contributed by atoms with Crippen LogP contribution in [0.5, 0.6) is 0 Å². The number of nitrogens with zero attached hydrogens (tertiary/aromatic N) is 2. The smallest absolute Gasteiger partial charge is 0.407 e. The van der Waals surface area contributed by atoms with Crippen molar-refractivity contribution in [2.24, 2.45) is 0 Å². The van der Waals surface area contributed by atoms with Gasteiger partial charge in [0, 0.05) is 12.1 Å². The van der Waals surface area contributed by atoms with Gasteiger partial charge in [-0.3, -0.25) is 0 Å². The van der Waals surface area contributed by atoms with Crippen LogP contribution < -0.4 is 10.6 Å². The summed E-state index contributed by atoms with van der Waals surface area (Å²) in [6.07, 6.45) is 4.76. The molecule has 1 heterocycles. The van der Waals surface area contributed by atoms with Gasteiger partial charge in [-0.2, -0.15) is 4.98 Å². The Morgan fingerprint density at radius 2 is 2.00 bits per heavy atom. The zero-order valence-electron chi connectivity index (χ0n) is 13.5. The van der Waals surface area contributed by atoms with E-state index in [0.717, 1.165) is 25.7 Å². The van der Waals surface area contributed by atoms with E-state index < -0.39 is 5.60 Å². The van der Waals surface area contributed by atoms with Gasteiger partial charge in [-0.1, -0.05) is 11.6 Å². The molecule has 2 unspecified atom stereocenters. The first-order valence-corrected chi connectivity index (χ1v) is 8.42. The summed E-state index contributed by atoms with van der Waals surface area (Å²) in [6, 6.07) is 0.222. The van der Waals surface area contributed by atoms with Gasteiger partial charge in [0.15, 0.2) is 0 Å². The first-order valence-electron chi connectivity index (χ1n) is 7.67. The molecular formula is C15H22Cl2N4O2. The van der Waals surface area contributed by atoms with Gasteiger partial charge in [-0.15, -0.1) is 0 Å². The molecule has 0 saturated heterocycles. The highest BCUT2D eigenvalue weighted by Gasteiger charge is 2.26. The van der Waals surface area contributed by atoms with Crippen molar-refractivity contribution in [2.45, 2.75) is 64.1 Å². The van der Waals surface area contributed by atoms with Gasteiger partial charge in [-0.25, -0.2) is 9.78 Å². The zero-order valence-corrected chi connectivity index (χ0v) is 15.0. The van der Waals surface area contributed by atoms with Crippen LogP contribution in [0, 0.1) is 0 Å². The van der Waals surface area contributed by atoms with Crippen molar-refractivity contribution in [3.63, 3.8) is 0 Å². The Morgan fingerprint density at radius 1 is 1.30 bits per heavy atom. The molecule has 2 rings (SSSR count). The summed E-state index contributed by atoms with van der Waals surface area (Å²) < 4.78 is 5.30. The number of ether oxygens (including phenoxy) is 1. The Morgan fingerprint density at radius 3 is 2.70 bits per heavy atom. The van der Waals surface area contributed by atoms with Crippen LogP contribution in [-0.4, -0.2) is 33.7 Å². The minimum absolute atomic E-state index is 0.0622. The van der Waals surface area contributed by atoms with Crippen molar-refractivity contribution >= 4 is 35.1 Å². The van der Waals surface area contributed by atoms with E-state index in [2.05, 4.69) is 20.6 Å². The second-order valence-corrected chi connectivity index (χ2v) is 7.43. The highest BCUT2D eigenvalue weighted by Crippen LogP contribution is 2.26. The highest BCUT2D eigenvalue weighted by molar-refractivity contribution is 6.33. The average Bonchev–Trinajstić information content (AvgIpc) is 2.41. The third-order valence-electron chi connectivity index (χ3n) is 3.45. The normalized spacial score (nSPS) is 21.6. The number of carbonyl (C=O) groups excluding carboxylic acids is 1. The summed E-state index contributed by atoms with van der Waals surface area (Å²) >= 11 is 11.9. The molecule has 1 aromatic rings. The molecule has 0 aliphatic heterocycles. The van der Waals surface area contributed by atoms with E-state index in [1.165, 1.54) is 6.20 Å². The zero-order chi connectivity index (χ0) is 17.0. The van der Waals surface area contributed by atoms with Crippen molar-refractivity contribution in [1.29, 1.82) is 0 Å². The Hall–Kier alpha value is -1.27. The third-order valence-corrected chi connectivity index (χ3v) is 3.91. The van der Waals surface area contributed by atoms with Gasteiger partial charge in [0.1, 0.15) is 16.4 Å². The van der Waals surface area contributed by atoms with E-state index in [-0.39, 0.29) is 23.5 Å². The van der Waals surface area contributed by atoms with Crippen molar-refractivity contribution in [1.82, 2.24) is 15.3 Å². The number of rotatable bonds is 3. The topological polar surface area (TPSA) is 76.1 Å². The number of amides is 1. The van der Waals surface area contributed by atoms with Crippen LogP contribution in [0.4, 0.5) is 10.6 Å². The molecule has 0 radical (unpaired) electrons. The fourth-order valence-electron chi connectivity index (χ4n) is 2.57. The van der Waals surface area contributed by atoms with Gasteiger partial charge in [-0.05, 0) is 58.1 Å². The van der Waals surface area contributed by atoms with Gasteiger partial charge in [0.2, 0.25) is 5.28 Å². The maximum atomic E-state index is 11.9. The molecule has 1 fully saturated rings.